The van der Waals surface area contributed by atoms with Crippen molar-refractivity contribution in [3.05, 3.63) is 58.4 Å². The molecule has 3 nitrogen and oxygen atoms in total. The van der Waals surface area contributed by atoms with E-state index in [2.05, 4.69) is 0 Å². The molecule has 0 radical (unpaired) electrons. The van der Waals surface area contributed by atoms with Crippen LogP contribution in [-0.4, -0.2) is 12.1 Å². The third kappa shape index (κ3) is 3.62. The van der Waals surface area contributed by atoms with Crippen LogP contribution in [0, 0.1) is 5.82 Å². The Labute approximate surface area is 132 Å². The second-order valence-corrected chi connectivity index (χ2v) is 5.08. The summed E-state index contributed by atoms with van der Waals surface area (Å²) in [6, 6.07) is 9.58. The van der Waals surface area contributed by atoms with E-state index >= 15 is 0 Å². The van der Waals surface area contributed by atoms with E-state index in [-0.39, 0.29) is 22.4 Å². The summed E-state index contributed by atoms with van der Waals surface area (Å²) in [5.41, 5.74) is 6.98. The van der Waals surface area contributed by atoms with Crippen molar-refractivity contribution in [1.29, 1.82) is 0 Å². The number of ether oxygens (including phenoxy) is 2. The summed E-state index contributed by atoms with van der Waals surface area (Å²) in [6.45, 7) is 0.0836. The molecule has 2 N–H and O–H groups in total. The fraction of sp³-hybridized carbons (Fsp3) is 0.133. The zero-order chi connectivity index (χ0) is 15.4. The number of benzene rings is 2. The van der Waals surface area contributed by atoms with Crippen LogP contribution in [0.3, 0.4) is 0 Å². The highest BCUT2D eigenvalue weighted by molar-refractivity contribution is 7.80. The SMILES string of the molecule is COc1ccc(C(N)=S)cc1COc1c(F)cccc1Cl. The molecule has 0 atom stereocenters. The van der Waals surface area contributed by atoms with Crippen molar-refractivity contribution in [3.8, 4) is 11.5 Å². The molecule has 21 heavy (non-hydrogen) atoms. The lowest BCUT2D eigenvalue weighted by molar-refractivity contribution is 0.283. The largest absolute Gasteiger partial charge is 0.496 e. The average Bonchev–Trinajstić information content (AvgIpc) is 2.46. The van der Waals surface area contributed by atoms with Crippen molar-refractivity contribution >= 4 is 28.8 Å². The van der Waals surface area contributed by atoms with Crippen molar-refractivity contribution in [3.63, 3.8) is 0 Å². The molecule has 0 fully saturated rings. The van der Waals surface area contributed by atoms with Crippen LogP contribution in [0.5, 0.6) is 11.5 Å². The first-order valence-corrected chi connectivity index (χ1v) is 6.85. The average molecular weight is 326 g/mol. The van der Waals surface area contributed by atoms with Gasteiger partial charge in [0, 0.05) is 11.1 Å². The lowest BCUT2D eigenvalue weighted by Crippen LogP contribution is -2.10. The number of para-hydroxylation sites is 1. The van der Waals surface area contributed by atoms with Gasteiger partial charge >= 0.3 is 0 Å². The van der Waals surface area contributed by atoms with Crippen LogP contribution in [0.2, 0.25) is 5.02 Å². The van der Waals surface area contributed by atoms with Gasteiger partial charge in [-0.1, -0.05) is 29.9 Å². The van der Waals surface area contributed by atoms with Crippen molar-refractivity contribution in [2.45, 2.75) is 6.61 Å². The Morgan fingerprint density at radius 2 is 2.10 bits per heavy atom. The second-order valence-electron chi connectivity index (χ2n) is 4.23. The maximum Gasteiger partial charge on any atom is 0.174 e. The lowest BCUT2D eigenvalue weighted by atomic mass is 10.1. The maximum atomic E-state index is 13.7. The Balaban J connectivity index is 2.26. The van der Waals surface area contributed by atoms with E-state index in [1.54, 1.807) is 24.3 Å². The van der Waals surface area contributed by atoms with Crippen LogP contribution in [-0.2, 0) is 6.61 Å². The Morgan fingerprint density at radius 3 is 2.71 bits per heavy atom. The molecule has 2 aromatic carbocycles. The molecule has 0 amide bonds. The highest BCUT2D eigenvalue weighted by Crippen LogP contribution is 2.29. The summed E-state index contributed by atoms with van der Waals surface area (Å²) >= 11 is 10.8. The topological polar surface area (TPSA) is 44.5 Å². The number of rotatable bonds is 5. The van der Waals surface area contributed by atoms with Gasteiger partial charge in [-0.25, -0.2) is 4.39 Å². The minimum Gasteiger partial charge on any atom is -0.496 e. The smallest absolute Gasteiger partial charge is 0.174 e. The van der Waals surface area contributed by atoms with Crippen LogP contribution >= 0.6 is 23.8 Å². The Hall–Kier alpha value is -1.85. The zero-order valence-electron chi connectivity index (χ0n) is 11.2. The van der Waals surface area contributed by atoms with E-state index < -0.39 is 5.82 Å². The molecular weight excluding hydrogens is 313 g/mol. The van der Waals surface area contributed by atoms with Crippen LogP contribution in [0.4, 0.5) is 4.39 Å². The molecule has 0 aliphatic carbocycles. The Kier molecular flexibility index (Phi) is 4.98. The molecule has 0 aliphatic heterocycles. The quantitative estimate of drug-likeness (QED) is 0.851. The fourth-order valence-electron chi connectivity index (χ4n) is 1.81. The van der Waals surface area contributed by atoms with E-state index in [1.165, 1.54) is 19.2 Å². The highest BCUT2D eigenvalue weighted by Gasteiger charge is 2.11. The monoisotopic (exact) mass is 325 g/mol. The molecule has 0 heterocycles. The molecule has 0 bridgehead atoms. The van der Waals surface area contributed by atoms with Crippen LogP contribution in [0.15, 0.2) is 36.4 Å². The van der Waals surface area contributed by atoms with Gasteiger partial charge in [-0.2, -0.15) is 0 Å². The van der Waals surface area contributed by atoms with Gasteiger partial charge in [0.05, 0.1) is 12.1 Å². The van der Waals surface area contributed by atoms with Gasteiger partial charge in [0.25, 0.3) is 0 Å². The number of hydrogen-bond acceptors (Lipinski definition) is 3. The first-order valence-electron chi connectivity index (χ1n) is 6.06. The third-order valence-electron chi connectivity index (χ3n) is 2.86. The van der Waals surface area contributed by atoms with E-state index in [4.69, 9.17) is 39.0 Å². The molecule has 6 heteroatoms. The number of halogens is 2. The van der Waals surface area contributed by atoms with Crippen molar-refractivity contribution in [1.82, 2.24) is 0 Å². The van der Waals surface area contributed by atoms with Gasteiger partial charge < -0.3 is 15.2 Å². The van der Waals surface area contributed by atoms with Gasteiger partial charge in [-0.15, -0.1) is 0 Å². The summed E-state index contributed by atoms with van der Waals surface area (Å²) < 4.78 is 24.4. The van der Waals surface area contributed by atoms with Crippen molar-refractivity contribution < 1.29 is 13.9 Å². The van der Waals surface area contributed by atoms with Gasteiger partial charge in [0.2, 0.25) is 0 Å². The summed E-state index contributed by atoms with van der Waals surface area (Å²) in [6.07, 6.45) is 0. The molecule has 2 aromatic rings. The van der Waals surface area contributed by atoms with Gasteiger partial charge in [0.15, 0.2) is 11.6 Å². The normalized spacial score (nSPS) is 10.2. The predicted molar refractivity (Wildman–Crippen MR) is 84.6 cm³/mol. The van der Waals surface area contributed by atoms with E-state index in [0.29, 0.717) is 16.9 Å². The van der Waals surface area contributed by atoms with Gasteiger partial charge in [0.1, 0.15) is 17.3 Å². The Morgan fingerprint density at radius 1 is 1.33 bits per heavy atom. The number of nitrogens with two attached hydrogens (primary N) is 1. The lowest BCUT2D eigenvalue weighted by Gasteiger charge is -2.13. The minimum atomic E-state index is -0.521. The molecule has 0 saturated carbocycles. The van der Waals surface area contributed by atoms with Crippen LogP contribution in [0.25, 0.3) is 0 Å². The summed E-state index contributed by atoms with van der Waals surface area (Å²) in [5, 5.41) is 0.208. The molecule has 0 aromatic heterocycles. The van der Waals surface area contributed by atoms with Crippen LogP contribution in [0.1, 0.15) is 11.1 Å². The summed E-state index contributed by atoms with van der Waals surface area (Å²) in [4.78, 5) is 0.267. The predicted octanol–water partition coefficient (Wildman–Crippen LogP) is 3.70. The molecule has 110 valence electrons. The molecule has 0 aliphatic rings. The van der Waals surface area contributed by atoms with Crippen LogP contribution < -0.4 is 15.2 Å². The van der Waals surface area contributed by atoms with Gasteiger partial charge in [-0.3, -0.25) is 0 Å². The Bertz CT molecular complexity index is 658. The van der Waals surface area contributed by atoms with Gasteiger partial charge in [-0.05, 0) is 30.3 Å². The van der Waals surface area contributed by atoms with E-state index in [0.717, 1.165) is 0 Å². The third-order valence-corrected chi connectivity index (χ3v) is 3.39. The first kappa shape index (κ1) is 15.5. The zero-order valence-corrected chi connectivity index (χ0v) is 12.8. The fourth-order valence-corrected chi connectivity index (χ4v) is 2.16. The summed E-state index contributed by atoms with van der Waals surface area (Å²) in [5.74, 6) is 0.0800. The molecule has 0 saturated heterocycles. The van der Waals surface area contributed by atoms with Crippen molar-refractivity contribution in [2.24, 2.45) is 5.73 Å². The molecule has 0 unspecified atom stereocenters. The first-order chi connectivity index (χ1) is 10.0. The van der Waals surface area contributed by atoms with E-state index in [9.17, 15) is 4.39 Å². The number of methoxy groups -OCH3 is 1. The highest BCUT2D eigenvalue weighted by atomic mass is 35.5. The minimum absolute atomic E-state index is 0.00180. The maximum absolute atomic E-state index is 13.7. The second kappa shape index (κ2) is 6.74. The molecule has 0 spiro atoms. The van der Waals surface area contributed by atoms with Crippen molar-refractivity contribution in [2.75, 3.05) is 7.11 Å². The number of thiocarbonyl (C=S) groups is 1. The van der Waals surface area contributed by atoms with E-state index in [1.807, 2.05) is 0 Å². The standard InChI is InChI=1S/C15H13ClFNO2S/c1-19-13-6-5-9(15(18)21)7-10(13)8-20-14-11(16)3-2-4-12(14)17/h2-7H,8H2,1H3,(H2,18,21). The number of hydrogen-bond donors (Lipinski definition) is 1. The molecular formula is C15H13ClFNO2S. The molecule has 2 rings (SSSR count). The summed E-state index contributed by atoms with van der Waals surface area (Å²) in [7, 11) is 1.54.